The molecule has 25 heavy (non-hydrogen) atoms. The van der Waals surface area contributed by atoms with Gasteiger partial charge in [-0.2, -0.15) is 0 Å². The quantitative estimate of drug-likeness (QED) is 0.688. The number of hydrogen-bond donors (Lipinski definition) is 3. The first-order valence-electron chi connectivity index (χ1n) is 7.96. The highest BCUT2D eigenvalue weighted by molar-refractivity contribution is 7.89. The van der Waals surface area contributed by atoms with Gasteiger partial charge in [0.05, 0.1) is 10.6 Å². The molecular weight excluding hydrogens is 340 g/mol. The number of phenolic OH excluding ortho intramolecular Hbond substituents is 1. The first kappa shape index (κ1) is 19.0. The number of nitrogens with one attached hydrogen (secondary N) is 2. The predicted molar refractivity (Wildman–Crippen MR) is 97.3 cm³/mol. The summed E-state index contributed by atoms with van der Waals surface area (Å²) in [4.78, 5) is 12.3. The van der Waals surface area contributed by atoms with Crippen molar-refractivity contribution in [2.24, 2.45) is 0 Å². The van der Waals surface area contributed by atoms with E-state index in [0.717, 1.165) is 5.56 Å². The summed E-state index contributed by atoms with van der Waals surface area (Å²) in [6, 6.07) is 10.4. The van der Waals surface area contributed by atoms with Crippen LogP contribution in [0.15, 0.2) is 47.4 Å². The third-order valence-corrected chi connectivity index (χ3v) is 5.40. The minimum absolute atomic E-state index is 0.0229. The summed E-state index contributed by atoms with van der Waals surface area (Å²) in [5, 5.41) is 12.4. The van der Waals surface area contributed by atoms with Gasteiger partial charge in [-0.15, -0.1) is 0 Å². The highest BCUT2D eigenvalue weighted by atomic mass is 32.2. The van der Waals surface area contributed by atoms with Gasteiger partial charge in [-0.3, -0.25) is 4.79 Å². The Balaban J connectivity index is 2.15. The molecule has 0 radical (unpaired) electrons. The fourth-order valence-corrected chi connectivity index (χ4v) is 3.47. The Morgan fingerprint density at radius 3 is 2.36 bits per heavy atom. The molecule has 0 unspecified atom stereocenters. The number of benzene rings is 2. The van der Waals surface area contributed by atoms with Gasteiger partial charge < -0.3 is 10.4 Å². The molecule has 2 rings (SSSR count). The number of carbonyl (C=O) groups excluding carboxylic acids is 1. The van der Waals surface area contributed by atoms with E-state index in [1.165, 1.54) is 24.3 Å². The molecule has 1 atom stereocenters. The summed E-state index contributed by atoms with van der Waals surface area (Å²) in [5.41, 5.74) is 1.46. The number of hydrogen-bond acceptors (Lipinski definition) is 4. The van der Waals surface area contributed by atoms with E-state index >= 15 is 0 Å². The van der Waals surface area contributed by atoms with E-state index in [4.69, 9.17) is 0 Å². The summed E-state index contributed by atoms with van der Waals surface area (Å²) in [6.45, 7) is 5.51. The van der Waals surface area contributed by atoms with E-state index in [1.54, 1.807) is 25.1 Å². The molecule has 0 aliphatic carbocycles. The van der Waals surface area contributed by atoms with Crippen LogP contribution >= 0.6 is 0 Å². The number of sulfonamides is 1. The fraction of sp³-hybridized carbons (Fsp3) is 0.278. The average molecular weight is 362 g/mol. The van der Waals surface area contributed by atoms with Crippen LogP contribution in [0.5, 0.6) is 5.75 Å². The first-order valence-corrected chi connectivity index (χ1v) is 9.44. The Hall–Kier alpha value is -2.38. The van der Waals surface area contributed by atoms with Crippen LogP contribution in [0.1, 0.15) is 36.2 Å². The van der Waals surface area contributed by atoms with Gasteiger partial charge in [0.1, 0.15) is 5.75 Å². The van der Waals surface area contributed by atoms with Crippen LogP contribution < -0.4 is 10.0 Å². The summed E-state index contributed by atoms with van der Waals surface area (Å²) < 4.78 is 27.0. The Morgan fingerprint density at radius 2 is 1.80 bits per heavy atom. The summed E-state index contributed by atoms with van der Waals surface area (Å²) in [5.74, 6) is -0.455. The van der Waals surface area contributed by atoms with Gasteiger partial charge >= 0.3 is 0 Å². The second-order valence-electron chi connectivity index (χ2n) is 5.93. The normalized spacial score (nSPS) is 12.6. The maximum absolute atomic E-state index is 12.2. The van der Waals surface area contributed by atoms with Gasteiger partial charge in [0.2, 0.25) is 10.0 Å². The molecule has 0 aliphatic rings. The summed E-state index contributed by atoms with van der Waals surface area (Å²) >= 11 is 0. The number of amides is 1. The minimum atomic E-state index is -3.61. The smallest absolute Gasteiger partial charge is 0.255 e. The van der Waals surface area contributed by atoms with Gasteiger partial charge in [0.15, 0.2) is 0 Å². The molecule has 2 aromatic rings. The topological polar surface area (TPSA) is 95.5 Å². The second kappa shape index (κ2) is 7.67. The number of anilines is 1. The predicted octanol–water partition coefficient (Wildman–Crippen LogP) is 3.03. The molecule has 0 aliphatic heterocycles. The lowest BCUT2D eigenvalue weighted by Gasteiger charge is -2.12. The number of rotatable bonds is 6. The van der Waals surface area contributed by atoms with Crippen LogP contribution in [0.3, 0.4) is 0 Å². The summed E-state index contributed by atoms with van der Waals surface area (Å²) in [7, 11) is -3.61. The van der Waals surface area contributed by atoms with E-state index < -0.39 is 15.9 Å². The van der Waals surface area contributed by atoms with Crippen molar-refractivity contribution in [1.29, 1.82) is 0 Å². The van der Waals surface area contributed by atoms with E-state index in [2.05, 4.69) is 10.0 Å². The molecule has 0 bridgehead atoms. The van der Waals surface area contributed by atoms with Crippen LogP contribution in [-0.4, -0.2) is 25.5 Å². The van der Waals surface area contributed by atoms with E-state index in [0.29, 0.717) is 17.7 Å². The van der Waals surface area contributed by atoms with Crippen molar-refractivity contribution >= 4 is 21.6 Å². The molecule has 0 aromatic heterocycles. The molecule has 3 N–H and O–H groups in total. The Bertz CT molecular complexity index is 861. The van der Waals surface area contributed by atoms with Crippen molar-refractivity contribution in [3.63, 3.8) is 0 Å². The Kier molecular flexibility index (Phi) is 5.81. The zero-order chi connectivity index (χ0) is 18.6. The van der Waals surface area contributed by atoms with Crippen molar-refractivity contribution < 1.29 is 18.3 Å². The maximum atomic E-state index is 12.2. The maximum Gasteiger partial charge on any atom is 0.255 e. The molecule has 6 nitrogen and oxygen atoms in total. The molecule has 7 heteroatoms. The van der Waals surface area contributed by atoms with Crippen LogP contribution in [0.4, 0.5) is 5.69 Å². The number of aryl methyl sites for hydroxylation is 1. The van der Waals surface area contributed by atoms with Gasteiger partial charge in [0.25, 0.3) is 5.91 Å². The largest absolute Gasteiger partial charge is 0.506 e. The molecule has 0 saturated carbocycles. The lowest BCUT2D eigenvalue weighted by molar-refractivity contribution is 0.102. The Labute approximate surface area is 147 Å². The first-order chi connectivity index (χ1) is 11.7. The van der Waals surface area contributed by atoms with Gasteiger partial charge in [-0.25, -0.2) is 13.1 Å². The minimum Gasteiger partial charge on any atom is -0.506 e. The molecule has 1 amide bonds. The van der Waals surface area contributed by atoms with Gasteiger partial charge in [0, 0.05) is 11.6 Å². The third kappa shape index (κ3) is 4.80. The highest BCUT2D eigenvalue weighted by Crippen LogP contribution is 2.24. The molecule has 0 heterocycles. The van der Waals surface area contributed by atoms with Crippen molar-refractivity contribution in [2.45, 2.75) is 38.1 Å². The monoisotopic (exact) mass is 362 g/mol. The second-order valence-corrected chi connectivity index (χ2v) is 7.64. The van der Waals surface area contributed by atoms with Crippen LogP contribution in [0.25, 0.3) is 0 Å². The van der Waals surface area contributed by atoms with Crippen LogP contribution in [-0.2, 0) is 10.0 Å². The van der Waals surface area contributed by atoms with E-state index in [1.807, 2.05) is 13.8 Å². The van der Waals surface area contributed by atoms with Crippen LogP contribution in [0, 0.1) is 6.92 Å². The van der Waals surface area contributed by atoms with Crippen LogP contribution in [0.2, 0.25) is 0 Å². The lowest BCUT2D eigenvalue weighted by atomic mass is 10.2. The van der Waals surface area contributed by atoms with E-state index in [-0.39, 0.29) is 16.7 Å². The molecule has 2 aromatic carbocycles. The molecular formula is C18H22N2O4S. The number of aromatic hydroxyl groups is 1. The van der Waals surface area contributed by atoms with Gasteiger partial charge in [-0.1, -0.05) is 13.0 Å². The molecule has 0 fully saturated rings. The molecule has 134 valence electrons. The molecule has 0 spiro atoms. The van der Waals surface area contributed by atoms with Gasteiger partial charge in [-0.05, 0) is 62.2 Å². The Morgan fingerprint density at radius 1 is 1.16 bits per heavy atom. The lowest BCUT2D eigenvalue weighted by Crippen LogP contribution is -2.32. The zero-order valence-electron chi connectivity index (χ0n) is 14.4. The van der Waals surface area contributed by atoms with E-state index in [9.17, 15) is 18.3 Å². The third-order valence-electron chi connectivity index (χ3n) is 3.80. The van der Waals surface area contributed by atoms with Crippen molar-refractivity contribution in [3.05, 3.63) is 53.6 Å². The molecule has 0 saturated heterocycles. The number of phenols is 1. The summed E-state index contributed by atoms with van der Waals surface area (Å²) in [6.07, 6.45) is 0.680. The SMILES string of the molecule is CC[C@@H](C)NS(=O)(=O)c1ccc(C(=O)Nc2ccc(C)cc2O)cc1. The number of carbonyl (C=O) groups is 1. The van der Waals surface area contributed by atoms with Crippen molar-refractivity contribution in [3.8, 4) is 5.75 Å². The standard InChI is InChI=1S/C18H22N2O4S/c1-4-13(3)20-25(23,24)15-8-6-14(7-9-15)18(22)19-16-10-5-12(2)11-17(16)21/h5-11,13,20-21H,4H2,1-3H3,(H,19,22)/t13-/m1/s1. The fourth-order valence-electron chi connectivity index (χ4n) is 2.14. The highest BCUT2D eigenvalue weighted by Gasteiger charge is 2.17. The average Bonchev–Trinajstić information content (AvgIpc) is 2.57. The zero-order valence-corrected chi connectivity index (χ0v) is 15.2. The van der Waals surface area contributed by atoms with Crippen molar-refractivity contribution in [2.75, 3.05) is 5.32 Å². The van der Waals surface area contributed by atoms with Crippen molar-refractivity contribution in [1.82, 2.24) is 4.72 Å².